The van der Waals surface area contributed by atoms with Crippen molar-refractivity contribution in [3.63, 3.8) is 0 Å². The minimum absolute atomic E-state index is 0.0320. The number of methoxy groups -OCH3 is 1. The standard InChI is InChI=1S/C10H22ClNO3S/c1-5-12(10(3)7-15-4)16(13,14)8-9(2)6-11/h9-10H,5-8H2,1-4H3. The Morgan fingerprint density at radius 2 is 1.94 bits per heavy atom. The van der Waals surface area contributed by atoms with E-state index in [0.717, 1.165) is 0 Å². The molecule has 0 saturated heterocycles. The maximum absolute atomic E-state index is 12.1. The van der Waals surface area contributed by atoms with Gasteiger partial charge in [-0.25, -0.2) is 8.42 Å². The zero-order valence-electron chi connectivity index (χ0n) is 10.4. The SMILES string of the molecule is CCN(C(C)COC)S(=O)(=O)CC(C)CCl. The van der Waals surface area contributed by atoms with E-state index in [9.17, 15) is 8.42 Å². The highest BCUT2D eigenvalue weighted by atomic mass is 35.5. The number of ether oxygens (including phenoxy) is 1. The van der Waals surface area contributed by atoms with Crippen LogP contribution in [-0.4, -0.2) is 50.7 Å². The van der Waals surface area contributed by atoms with E-state index >= 15 is 0 Å². The Kier molecular flexibility index (Phi) is 7.55. The van der Waals surface area contributed by atoms with Crippen molar-refractivity contribution in [3.8, 4) is 0 Å². The topological polar surface area (TPSA) is 46.6 Å². The molecule has 2 atom stereocenters. The minimum atomic E-state index is -3.24. The lowest BCUT2D eigenvalue weighted by Gasteiger charge is -2.27. The van der Waals surface area contributed by atoms with Gasteiger partial charge in [0.15, 0.2) is 0 Å². The molecule has 2 unspecified atom stereocenters. The summed E-state index contributed by atoms with van der Waals surface area (Å²) in [4.78, 5) is 0. The molecule has 0 amide bonds. The highest BCUT2D eigenvalue weighted by Gasteiger charge is 2.27. The van der Waals surface area contributed by atoms with Gasteiger partial charge in [0.05, 0.1) is 12.4 Å². The summed E-state index contributed by atoms with van der Waals surface area (Å²) in [6, 6.07) is -0.137. The van der Waals surface area contributed by atoms with Crippen LogP contribution in [0.1, 0.15) is 20.8 Å². The van der Waals surface area contributed by atoms with Gasteiger partial charge in [-0.2, -0.15) is 4.31 Å². The number of alkyl halides is 1. The van der Waals surface area contributed by atoms with Gasteiger partial charge in [-0.3, -0.25) is 0 Å². The highest BCUT2D eigenvalue weighted by molar-refractivity contribution is 7.89. The number of hydrogen-bond acceptors (Lipinski definition) is 3. The van der Waals surface area contributed by atoms with E-state index in [1.54, 1.807) is 7.11 Å². The van der Waals surface area contributed by atoms with E-state index in [1.807, 2.05) is 20.8 Å². The molecule has 0 spiro atoms. The fourth-order valence-corrected chi connectivity index (χ4v) is 3.88. The second kappa shape index (κ2) is 7.48. The third-order valence-corrected chi connectivity index (χ3v) is 5.18. The number of hydrogen-bond donors (Lipinski definition) is 0. The van der Waals surface area contributed by atoms with Crippen LogP contribution in [-0.2, 0) is 14.8 Å². The summed E-state index contributed by atoms with van der Waals surface area (Å²) in [5.41, 5.74) is 0. The van der Waals surface area contributed by atoms with Crippen LogP contribution in [0.25, 0.3) is 0 Å². The molecule has 6 heteroatoms. The van der Waals surface area contributed by atoms with Gasteiger partial charge in [0.1, 0.15) is 0 Å². The lowest BCUT2D eigenvalue weighted by molar-refractivity contribution is 0.142. The lowest BCUT2D eigenvalue weighted by atomic mass is 10.3. The summed E-state index contributed by atoms with van der Waals surface area (Å²) in [6.45, 7) is 6.37. The van der Waals surface area contributed by atoms with Crippen LogP contribution in [0.5, 0.6) is 0 Å². The van der Waals surface area contributed by atoms with Crippen molar-refractivity contribution >= 4 is 21.6 Å². The Morgan fingerprint density at radius 1 is 1.38 bits per heavy atom. The quantitative estimate of drug-likeness (QED) is 0.629. The molecular weight excluding hydrogens is 250 g/mol. The second-order valence-electron chi connectivity index (χ2n) is 4.05. The molecule has 0 aliphatic rings. The predicted octanol–water partition coefficient (Wildman–Crippen LogP) is 1.55. The molecule has 0 aliphatic carbocycles. The summed E-state index contributed by atoms with van der Waals surface area (Å²) in [5.74, 6) is 0.420. The molecular formula is C10H22ClNO3S. The molecule has 0 radical (unpaired) electrons. The van der Waals surface area contributed by atoms with Crippen molar-refractivity contribution in [2.24, 2.45) is 5.92 Å². The maximum Gasteiger partial charge on any atom is 0.214 e. The third kappa shape index (κ3) is 4.99. The summed E-state index contributed by atoms with van der Waals surface area (Å²) >= 11 is 5.64. The number of nitrogens with zero attached hydrogens (tertiary/aromatic N) is 1. The smallest absolute Gasteiger partial charge is 0.214 e. The second-order valence-corrected chi connectivity index (χ2v) is 6.32. The average Bonchev–Trinajstić information content (AvgIpc) is 2.17. The number of rotatable bonds is 8. The fourth-order valence-electron chi connectivity index (χ4n) is 1.61. The molecule has 0 N–H and O–H groups in total. The van der Waals surface area contributed by atoms with Crippen LogP contribution < -0.4 is 0 Å². The van der Waals surface area contributed by atoms with E-state index in [0.29, 0.717) is 19.0 Å². The van der Waals surface area contributed by atoms with E-state index in [-0.39, 0.29) is 17.7 Å². The van der Waals surface area contributed by atoms with Crippen molar-refractivity contribution in [3.05, 3.63) is 0 Å². The molecule has 0 fully saturated rings. The first-order chi connectivity index (χ1) is 7.38. The summed E-state index contributed by atoms with van der Waals surface area (Å²) in [5, 5.41) is 0. The van der Waals surface area contributed by atoms with Crippen molar-refractivity contribution in [1.29, 1.82) is 0 Å². The molecule has 98 valence electrons. The van der Waals surface area contributed by atoms with Crippen molar-refractivity contribution in [1.82, 2.24) is 4.31 Å². The van der Waals surface area contributed by atoms with Gasteiger partial charge in [0, 0.05) is 25.6 Å². The summed E-state index contributed by atoms with van der Waals surface area (Å²) < 4.78 is 30.6. The molecule has 0 aromatic heterocycles. The highest BCUT2D eigenvalue weighted by Crippen LogP contribution is 2.12. The van der Waals surface area contributed by atoms with Gasteiger partial charge in [-0.15, -0.1) is 11.6 Å². The first-order valence-electron chi connectivity index (χ1n) is 5.43. The first kappa shape index (κ1) is 16.2. The molecule has 0 rings (SSSR count). The van der Waals surface area contributed by atoms with Crippen molar-refractivity contribution in [2.75, 3.05) is 31.9 Å². The zero-order chi connectivity index (χ0) is 12.8. The summed E-state index contributed by atoms with van der Waals surface area (Å²) in [7, 11) is -1.67. The van der Waals surface area contributed by atoms with Crippen molar-refractivity contribution in [2.45, 2.75) is 26.8 Å². The largest absolute Gasteiger partial charge is 0.383 e. The third-order valence-electron chi connectivity index (χ3n) is 2.33. The molecule has 0 saturated carbocycles. The minimum Gasteiger partial charge on any atom is -0.383 e. The normalized spacial score (nSPS) is 16.4. The van der Waals surface area contributed by atoms with Crippen LogP contribution >= 0.6 is 11.6 Å². The Morgan fingerprint density at radius 3 is 2.31 bits per heavy atom. The number of halogens is 1. The van der Waals surface area contributed by atoms with Gasteiger partial charge in [0.25, 0.3) is 0 Å². The number of sulfonamides is 1. The lowest BCUT2D eigenvalue weighted by Crippen LogP contribution is -2.43. The average molecular weight is 272 g/mol. The van der Waals surface area contributed by atoms with Crippen LogP contribution in [0.4, 0.5) is 0 Å². The number of likely N-dealkylation sites (N-methyl/N-ethyl adjacent to an activating group) is 1. The maximum atomic E-state index is 12.1. The van der Waals surface area contributed by atoms with Gasteiger partial charge in [-0.05, 0) is 12.8 Å². The fraction of sp³-hybridized carbons (Fsp3) is 1.00. The van der Waals surface area contributed by atoms with E-state index < -0.39 is 10.0 Å². The van der Waals surface area contributed by atoms with Crippen LogP contribution in [0.3, 0.4) is 0 Å². The van der Waals surface area contributed by atoms with Crippen molar-refractivity contribution < 1.29 is 13.2 Å². The summed E-state index contributed by atoms with van der Waals surface area (Å²) in [6.07, 6.45) is 0. The Hall–Kier alpha value is 0.160. The first-order valence-corrected chi connectivity index (χ1v) is 7.57. The van der Waals surface area contributed by atoms with Crippen LogP contribution in [0.15, 0.2) is 0 Å². The Balaban J connectivity index is 4.67. The van der Waals surface area contributed by atoms with Gasteiger partial charge in [0.2, 0.25) is 10.0 Å². The molecule has 16 heavy (non-hydrogen) atoms. The predicted molar refractivity (Wildman–Crippen MR) is 67.4 cm³/mol. The molecule has 4 nitrogen and oxygen atoms in total. The Bertz CT molecular complexity index is 282. The Labute approximate surface area is 104 Å². The van der Waals surface area contributed by atoms with E-state index in [2.05, 4.69) is 0 Å². The van der Waals surface area contributed by atoms with Gasteiger partial charge in [-0.1, -0.05) is 13.8 Å². The van der Waals surface area contributed by atoms with Gasteiger partial charge < -0.3 is 4.74 Å². The van der Waals surface area contributed by atoms with Gasteiger partial charge >= 0.3 is 0 Å². The van der Waals surface area contributed by atoms with Crippen LogP contribution in [0, 0.1) is 5.92 Å². The molecule has 0 bridgehead atoms. The molecule has 0 aliphatic heterocycles. The zero-order valence-corrected chi connectivity index (χ0v) is 12.0. The monoisotopic (exact) mass is 271 g/mol. The van der Waals surface area contributed by atoms with Crippen LogP contribution in [0.2, 0.25) is 0 Å². The van der Waals surface area contributed by atoms with E-state index in [1.165, 1.54) is 4.31 Å². The molecule has 0 aromatic carbocycles. The van der Waals surface area contributed by atoms with E-state index in [4.69, 9.17) is 16.3 Å². The molecule has 0 aromatic rings. The molecule has 0 heterocycles.